The van der Waals surface area contributed by atoms with Gasteiger partial charge in [-0.25, -0.2) is 0 Å². The van der Waals surface area contributed by atoms with Gasteiger partial charge in [0, 0.05) is 31.3 Å². The molecule has 18 heavy (non-hydrogen) atoms. The standard InChI is InChI=1S/C12H14N2O4/c1-7(12(17)18)9-5-14(6-9)11(16)8-2-3-10(15)13-4-8/h2-4,7,9H,5-6H2,1H3,(H,13,15)(H,17,18). The Morgan fingerprint density at radius 1 is 1.44 bits per heavy atom. The van der Waals surface area contributed by atoms with E-state index in [4.69, 9.17) is 5.11 Å². The quantitative estimate of drug-likeness (QED) is 0.800. The maximum absolute atomic E-state index is 11.9. The summed E-state index contributed by atoms with van der Waals surface area (Å²) in [6.45, 7) is 2.55. The van der Waals surface area contributed by atoms with Crippen LogP contribution in [0.3, 0.4) is 0 Å². The minimum atomic E-state index is -0.837. The highest BCUT2D eigenvalue weighted by Crippen LogP contribution is 2.25. The smallest absolute Gasteiger partial charge is 0.306 e. The minimum absolute atomic E-state index is 0.00853. The van der Waals surface area contributed by atoms with E-state index in [-0.39, 0.29) is 17.4 Å². The first-order valence-corrected chi connectivity index (χ1v) is 5.70. The molecule has 0 saturated carbocycles. The van der Waals surface area contributed by atoms with Gasteiger partial charge in [-0.15, -0.1) is 0 Å². The largest absolute Gasteiger partial charge is 0.481 e. The van der Waals surface area contributed by atoms with Crippen LogP contribution in [-0.2, 0) is 4.79 Å². The summed E-state index contributed by atoms with van der Waals surface area (Å²) in [6, 6.07) is 2.76. The zero-order valence-corrected chi connectivity index (χ0v) is 9.92. The number of hydrogen-bond acceptors (Lipinski definition) is 3. The van der Waals surface area contributed by atoms with Crippen molar-refractivity contribution >= 4 is 11.9 Å². The number of pyridine rings is 1. The summed E-state index contributed by atoms with van der Waals surface area (Å²) >= 11 is 0. The molecule has 6 heteroatoms. The topological polar surface area (TPSA) is 90.5 Å². The maximum atomic E-state index is 11.9. The molecule has 1 amide bonds. The Balaban J connectivity index is 1.96. The predicted molar refractivity (Wildman–Crippen MR) is 63.3 cm³/mol. The fraction of sp³-hybridized carbons (Fsp3) is 0.417. The Kier molecular flexibility index (Phi) is 3.18. The van der Waals surface area contributed by atoms with E-state index in [1.807, 2.05) is 0 Å². The summed E-state index contributed by atoms with van der Waals surface area (Å²) in [7, 11) is 0. The van der Waals surface area contributed by atoms with E-state index in [1.165, 1.54) is 18.3 Å². The van der Waals surface area contributed by atoms with Crippen LogP contribution in [0.15, 0.2) is 23.1 Å². The van der Waals surface area contributed by atoms with E-state index in [0.29, 0.717) is 18.7 Å². The molecule has 1 saturated heterocycles. The average Bonchev–Trinajstić information content (AvgIpc) is 2.27. The van der Waals surface area contributed by atoms with Gasteiger partial charge in [0.15, 0.2) is 0 Å². The van der Waals surface area contributed by atoms with Crippen LogP contribution < -0.4 is 5.56 Å². The first kappa shape index (κ1) is 12.3. The van der Waals surface area contributed by atoms with Crippen molar-refractivity contribution in [3.8, 4) is 0 Å². The van der Waals surface area contributed by atoms with Gasteiger partial charge in [0.05, 0.1) is 11.5 Å². The normalized spacial score (nSPS) is 17.1. The van der Waals surface area contributed by atoms with Crippen molar-refractivity contribution in [3.05, 3.63) is 34.2 Å². The molecule has 2 heterocycles. The molecule has 0 radical (unpaired) electrons. The van der Waals surface area contributed by atoms with E-state index in [9.17, 15) is 14.4 Å². The molecule has 0 aromatic carbocycles. The third-order valence-corrected chi connectivity index (χ3v) is 3.32. The number of amides is 1. The third kappa shape index (κ3) is 2.27. The minimum Gasteiger partial charge on any atom is -0.481 e. The SMILES string of the molecule is CC(C(=O)O)C1CN(C(=O)c2ccc(=O)[nH]c2)C1. The van der Waals surface area contributed by atoms with Crippen LogP contribution in [0.25, 0.3) is 0 Å². The average molecular weight is 250 g/mol. The number of likely N-dealkylation sites (tertiary alicyclic amines) is 1. The van der Waals surface area contributed by atoms with Crippen molar-refractivity contribution in [1.82, 2.24) is 9.88 Å². The summed E-state index contributed by atoms with van der Waals surface area (Å²) in [5, 5.41) is 8.85. The molecule has 1 aliphatic rings. The molecule has 96 valence electrons. The lowest BCUT2D eigenvalue weighted by Crippen LogP contribution is -2.53. The van der Waals surface area contributed by atoms with Gasteiger partial charge in [0.25, 0.3) is 5.91 Å². The molecule has 1 fully saturated rings. The van der Waals surface area contributed by atoms with Gasteiger partial charge in [-0.1, -0.05) is 6.92 Å². The van der Waals surface area contributed by atoms with Gasteiger partial charge < -0.3 is 15.0 Å². The second-order valence-corrected chi connectivity index (χ2v) is 4.54. The van der Waals surface area contributed by atoms with Crippen molar-refractivity contribution in [3.63, 3.8) is 0 Å². The Hall–Kier alpha value is -2.11. The van der Waals surface area contributed by atoms with Gasteiger partial charge in [0.2, 0.25) is 5.56 Å². The molecule has 1 aromatic rings. The van der Waals surface area contributed by atoms with Crippen LogP contribution >= 0.6 is 0 Å². The van der Waals surface area contributed by atoms with Gasteiger partial charge in [-0.2, -0.15) is 0 Å². The van der Waals surface area contributed by atoms with Crippen molar-refractivity contribution in [2.45, 2.75) is 6.92 Å². The van der Waals surface area contributed by atoms with Crippen LogP contribution in [0.4, 0.5) is 0 Å². The Morgan fingerprint density at radius 2 is 2.11 bits per heavy atom. The summed E-state index contributed by atoms with van der Waals surface area (Å²) in [5.41, 5.74) is 0.156. The summed E-state index contributed by atoms with van der Waals surface area (Å²) in [6.07, 6.45) is 1.37. The number of nitrogens with one attached hydrogen (secondary N) is 1. The first-order valence-electron chi connectivity index (χ1n) is 5.70. The highest BCUT2D eigenvalue weighted by Gasteiger charge is 2.37. The number of nitrogens with zero attached hydrogens (tertiary/aromatic N) is 1. The lowest BCUT2D eigenvalue weighted by molar-refractivity contribution is -0.144. The number of carboxylic acid groups (broad SMARTS) is 1. The van der Waals surface area contributed by atoms with E-state index < -0.39 is 11.9 Å². The number of carbonyl (C=O) groups excluding carboxylic acids is 1. The van der Waals surface area contributed by atoms with Gasteiger partial charge >= 0.3 is 5.97 Å². The first-order chi connectivity index (χ1) is 8.49. The number of aliphatic carboxylic acids is 1. The molecule has 1 aromatic heterocycles. The molecule has 6 nitrogen and oxygen atoms in total. The number of rotatable bonds is 3. The molecule has 1 unspecified atom stereocenters. The number of aromatic amines is 1. The molecule has 1 aliphatic heterocycles. The number of H-pyrrole nitrogens is 1. The fourth-order valence-electron chi connectivity index (χ4n) is 1.92. The number of hydrogen-bond donors (Lipinski definition) is 2. The summed E-state index contributed by atoms with van der Waals surface area (Å²) in [4.78, 5) is 37.6. The highest BCUT2D eigenvalue weighted by atomic mass is 16.4. The van der Waals surface area contributed by atoms with Crippen LogP contribution in [0.2, 0.25) is 0 Å². The maximum Gasteiger partial charge on any atom is 0.306 e. The number of carboxylic acids is 1. The number of carbonyl (C=O) groups is 2. The van der Waals surface area contributed by atoms with Crippen LogP contribution in [0, 0.1) is 11.8 Å². The fourth-order valence-corrected chi connectivity index (χ4v) is 1.92. The lowest BCUT2D eigenvalue weighted by atomic mass is 9.87. The second-order valence-electron chi connectivity index (χ2n) is 4.54. The lowest BCUT2D eigenvalue weighted by Gasteiger charge is -2.41. The number of aromatic nitrogens is 1. The van der Waals surface area contributed by atoms with Crippen LogP contribution in [-0.4, -0.2) is 40.0 Å². The Labute approximate surface area is 103 Å². The van der Waals surface area contributed by atoms with Crippen molar-refractivity contribution in [2.75, 3.05) is 13.1 Å². The van der Waals surface area contributed by atoms with Crippen molar-refractivity contribution in [1.29, 1.82) is 0 Å². The Morgan fingerprint density at radius 3 is 2.61 bits per heavy atom. The predicted octanol–water partition coefficient (Wildman–Crippen LogP) is 0.168. The van der Waals surface area contributed by atoms with E-state index in [1.54, 1.807) is 11.8 Å². The molecule has 1 atom stereocenters. The van der Waals surface area contributed by atoms with E-state index in [0.717, 1.165) is 0 Å². The second kappa shape index (κ2) is 4.64. The molecule has 0 spiro atoms. The monoisotopic (exact) mass is 250 g/mol. The third-order valence-electron chi connectivity index (χ3n) is 3.32. The molecule has 2 N–H and O–H groups in total. The van der Waals surface area contributed by atoms with Gasteiger partial charge in [0.1, 0.15) is 0 Å². The highest BCUT2D eigenvalue weighted by molar-refractivity contribution is 5.94. The van der Waals surface area contributed by atoms with Crippen LogP contribution in [0.1, 0.15) is 17.3 Å². The zero-order chi connectivity index (χ0) is 13.3. The zero-order valence-electron chi connectivity index (χ0n) is 9.92. The Bertz CT molecular complexity index is 511. The van der Waals surface area contributed by atoms with Gasteiger partial charge in [-0.3, -0.25) is 14.4 Å². The molecular formula is C12H14N2O4. The van der Waals surface area contributed by atoms with E-state index in [2.05, 4.69) is 4.98 Å². The van der Waals surface area contributed by atoms with E-state index >= 15 is 0 Å². The van der Waals surface area contributed by atoms with Gasteiger partial charge in [-0.05, 0) is 6.07 Å². The summed E-state index contributed by atoms with van der Waals surface area (Å²) in [5.74, 6) is -1.45. The van der Waals surface area contributed by atoms with Crippen molar-refractivity contribution in [2.24, 2.45) is 11.8 Å². The molecule has 0 aliphatic carbocycles. The molecule has 0 bridgehead atoms. The van der Waals surface area contributed by atoms with Crippen molar-refractivity contribution < 1.29 is 14.7 Å². The summed E-state index contributed by atoms with van der Waals surface area (Å²) < 4.78 is 0. The van der Waals surface area contributed by atoms with Crippen LogP contribution in [0.5, 0.6) is 0 Å². The molecular weight excluding hydrogens is 236 g/mol. The molecule has 2 rings (SSSR count).